The van der Waals surface area contributed by atoms with E-state index in [1.54, 1.807) is 0 Å². The van der Waals surface area contributed by atoms with Crippen LogP contribution in [0.15, 0.2) is 67.3 Å². The molecule has 0 fully saturated rings. The van der Waals surface area contributed by atoms with Gasteiger partial charge in [-0.3, -0.25) is 4.79 Å². The van der Waals surface area contributed by atoms with Crippen LogP contribution >= 0.6 is 22.6 Å². The molecule has 2 nitrogen and oxygen atoms in total. The van der Waals surface area contributed by atoms with E-state index in [4.69, 9.17) is 0 Å². The number of halogens is 1. The van der Waals surface area contributed by atoms with Crippen LogP contribution in [0.2, 0.25) is 0 Å². The minimum absolute atomic E-state index is 0.0452. The van der Waals surface area contributed by atoms with Crippen molar-refractivity contribution >= 4 is 34.2 Å². The van der Waals surface area contributed by atoms with E-state index in [0.717, 1.165) is 27.7 Å². The lowest BCUT2D eigenvalue weighted by atomic mass is 10.1. The molecule has 0 unspecified atom stereocenters. The van der Waals surface area contributed by atoms with Crippen LogP contribution in [0, 0.1) is 3.57 Å². The Balaban J connectivity index is 2.30. The predicted octanol–water partition coefficient (Wildman–Crippen LogP) is 4.90. The van der Waals surface area contributed by atoms with Gasteiger partial charge in [-0.1, -0.05) is 36.4 Å². The zero-order chi connectivity index (χ0) is 15.1. The maximum Gasteiger partial charge on any atom is 0.258 e. The Hall–Kier alpha value is -1.62. The molecule has 2 aromatic carbocycles. The van der Waals surface area contributed by atoms with Crippen molar-refractivity contribution in [3.05, 3.63) is 76.4 Å². The van der Waals surface area contributed by atoms with Gasteiger partial charge in [-0.05, 0) is 59.7 Å². The Morgan fingerprint density at radius 1 is 1.10 bits per heavy atom. The number of hydrogen-bond donors (Lipinski definition) is 0. The molecule has 0 aliphatic heterocycles. The molecule has 0 aliphatic carbocycles. The molecule has 21 heavy (non-hydrogen) atoms. The van der Waals surface area contributed by atoms with Crippen LogP contribution in [-0.2, 0) is 0 Å². The normalized spacial score (nSPS) is 10.1. The number of para-hydroxylation sites is 1. The molecule has 3 heteroatoms. The fourth-order valence-corrected chi connectivity index (χ4v) is 2.81. The molecule has 108 valence electrons. The van der Waals surface area contributed by atoms with E-state index in [0.29, 0.717) is 6.54 Å². The van der Waals surface area contributed by atoms with Gasteiger partial charge in [-0.25, -0.2) is 0 Å². The Kier molecular flexibility index (Phi) is 5.99. The molecular weight excluding hydrogens is 373 g/mol. The summed E-state index contributed by atoms with van der Waals surface area (Å²) >= 11 is 2.28. The molecule has 0 spiro atoms. The fourth-order valence-electron chi connectivity index (χ4n) is 2.13. The van der Waals surface area contributed by atoms with Crippen LogP contribution < -0.4 is 4.90 Å². The molecule has 0 atom stereocenters. The fraction of sp³-hybridized carbons (Fsp3) is 0.167. The standard InChI is InChI=1S/C18H18INO/c1-2-3-9-14-20(17-13-8-7-12-16(17)19)18(21)15-10-5-4-6-11-15/h2,4-8,10-13H,1,3,9,14H2. The van der Waals surface area contributed by atoms with Crippen LogP contribution in [0.5, 0.6) is 0 Å². The summed E-state index contributed by atoms with van der Waals surface area (Å²) in [5.74, 6) is 0.0452. The maximum absolute atomic E-state index is 12.8. The number of nitrogens with zero attached hydrogens (tertiary/aromatic N) is 1. The van der Waals surface area contributed by atoms with Gasteiger partial charge in [0.2, 0.25) is 0 Å². The number of carbonyl (C=O) groups excluding carboxylic acids is 1. The number of anilines is 1. The van der Waals surface area contributed by atoms with Gasteiger partial charge in [-0.15, -0.1) is 6.58 Å². The average Bonchev–Trinajstić information content (AvgIpc) is 2.53. The molecule has 2 rings (SSSR count). The van der Waals surface area contributed by atoms with E-state index in [1.165, 1.54) is 0 Å². The molecular formula is C18H18INO. The quantitative estimate of drug-likeness (QED) is 0.390. The van der Waals surface area contributed by atoms with Crippen molar-refractivity contribution < 1.29 is 4.79 Å². The second-order valence-corrected chi connectivity index (χ2v) is 5.87. The summed E-state index contributed by atoms with van der Waals surface area (Å²) in [6.45, 7) is 4.44. The minimum Gasteiger partial charge on any atom is -0.307 e. The van der Waals surface area contributed by atoms with E-state index in [-0.39, 0.29) is 5.91 Å². The van der Waals surface area contributed by atoms with E-state index in [1.807, 2.05) is 65.6 Å². The third-order valence-electron chi connectivity index (χ3n) is 3.20. The third-order valence-corrected chi connectivity index (χ3v) is 4.11. The highest BCUT2D eigenvalue weighted by Crippen LogP contribution is 2.24. The maximum atomic E-state index is 12.8. The van der Waals surface area contributed by atoms with Gasteiger partial charge in [0, 0.05) is 15.7 Å². The number of amides is 1. The zero-order valence-electron chi connectivity index (χ0n) is 11.8. The summed E-state index contributed by atoms with van der Waals surface area (Å²) < 4.78 is 1.08. The van der Waals surface area contributed by atoms with Crippen molar-refractivity contribution in [2.75, 3.05) is 11.4 Å². The number of unbranched alkanes of at least 4 members (excludes halogenated alkanes) is 1. The lowest BCUT2D eigenvalue weighted by Crippen LogP contribution is -2.32. The first-order chi connectivity index (χ1) is 10.2. The summed E-state index contributed by atoms with van der Waals surface area (Å²) in [7, 11) is 0. The van der Waals surface area contributed by atoms with Crippen molar-refractivity contribution in [2.24, 2.45) is 0 Å². The molecule has 0 radical (unpaired) electrons. The molecule has 0 bridgehead atoms. The summed E-state index contributed by atoms with van der Waals surface area (Å²) in [4.78, 5) is 14.7. The summed E-state index contributed by atoms with van der Waals surface area (Å²) in [6, 6.07) is 17.4. The number of benzene rings is 2. The summed E-state index contributed by atoms with van der Waals surface area (Å²) in [6.07, 6.45) is 3.70. The number of carbonyl (C=O) groups is 1. The Labute approximate surface area is 139 Å². The number of allylic oxidation sites excluding steroid dienone is 1. The Morgan fingerprint density at radius 2 is 1.76 bits per heavy atom. The lowest BCUT2D eigenvalue weighted by molar-refractivity contribution is 0.0986. The predicted molar refractivity (Wildman–Crippen MR) is 96.7 cm³/mol. The smallest absolute Gasteiger partial charge is 0.258 e. The highest BCUT2D eigenvalue weighted by atomic mass is 127. The first-order valence-corrected chi connectivity index (χ1v) is 8.04. The molecule has 0 heterocycles. The molecule has 1 amide bonds. The zero-order valence-corrected chi connectivity index (χ0v) is 14.0. The summed E-state index contributed by atoms with van der Waals surface area (Å²) in [5.41, 5.74) is 1.69. The van der Waals surface area contributed by atoms with Crippen LogP contribution in [-0.4, -0.2) is 12.5 Å². The second kappa shape index (κ2) is 7.98. The Morgan fingerprint density at radius 3 is 2.43 bits per heavy atom. The van der Waals surface area contributed by atoms with Crippen LogP contribution in [0.4, 0.5) is 5.69 Å². The minimum atomic E-state index is 0.0452. The van der Waals surface area contributed by atoms with E-state index < -0.39 is 0 Å². The van der Waals surface area contributed by atoms with Crippen molar-refractivity contribution in [3.63, 3.8) is 0 Å². The molecule has 0 saturated heterocycles. The molecule has 0 saturated carbocycles. The van der Waals surface area contributed by atoms with Gasteiger partial charge >= 0.3 is 0 Å². The van der Waals surface area contributed by atoms with E-state index in [9.17, 15) is 4.79 Å². The summed E-state index contributed by atoms with van der Waals surface area (Å²) in [5, 5.41) is 0. The van der Waals surface area contributed by atoms with Crippen molar-refractivity contribution in [3.8, 4) is 0 Å². The van der Waals surface area contributed by atoms with Gasteiger partial charge in [0.1, 0.15) is 0 Å². The van der Waals surface area contributed by atoms with Crippen LogP contribution in [0.3, 0.4) is 0 Å². The van der Waals surface area contributed by atoms with Gasteiger partial charge in [-0.2, -0.15) is 0 Å². The topological polar surface area (TPSA) is 20.3 Å². The molecule has 0 aromatic heterocycles. The number of hydrogen-bond acceptors (Lipinski definition) is 1. The van der Waals surface area contributed by atoms with Gasteiger partial charge in [0.05, 0.1) is 5.69 Å². The highest BCUT2D eigenvalue weighted by Gasteiger charge is 2.18. The van der Waals surface area contributed by atoms with Crippen LogP contribution in [0.25, 0.3) is 0 Å². The van der Waals surface area contributed by atoms with Gasteiger partial charge in [0.15, 0.2) is 0 Å². The second-order valence-electron chi connectivity index (χ2n) is 4.71. The van der Waals surface area contributed by atoms with Crippen LogP contribution in [0.1, 0.15) is 23.2 Å². The SMILES string of the molecule is C=CCCCN(C(=O)c1ccccc1)c1ccccc1I. The number of rotatable bonds is 6. The molecule has 0 N–H and O–H groups in total. The highest BCUT2D eigenvalue weighted by molar-refractivity contribution is 14.1. The third kappa shape index (κ3) is 4.17. The first kappa shape index (κ1) is 15.8. The van der Waals surface area contributed by atoms with Gasteiger partial charge in [0.25, 0.3) is 5.91 Å². The van der Waals surface area contributed by atoms with Crippen molar-refractivity contribution in [1.82, 2.24) is 0 Å². The monoisotopic (exact) mass is 391 g/mol. The van der Waals surface area contributed by atoms with Crippen molar-refractivity contribution in [1.29, 1.82) is 0 Å². The van der Waals surface area contributed by atoms with E-state index >= 15 is 0 Å². The molecule has 0 aliphatic rings. The van der Waals surface area contributed by atoms with Crippen molar-refractivity contribution in [2.45, 2.75) is 12.8 Å². The largest absolute Gasteiger partial charge is 0.307 e. The molecule has 2 aromatic rings. The lowest BCUT2D eigenvalue weighted by Gasteiger charge is -2.24. The Bertz CT molecular complexity index is 610. The van der Waals surface area contributed by atoms with Gasteiger partial charge < -0.3 is 4.90 Å². The average molecular weight is 391 g/mol. The first-order valence-electron chi connectivity index (χ1n) is 6.96. The van der Waals surface area contributed by atoms with E-state index in [2.05, 4.69) is 29.2 Å².